The van der Waals surface area contributed by atoms with Crippen molar-refractivity contribution >= 4 is 5.97 Å². The van der Waals surface area contributed by atoms with Crippen molar-refractivity contribution in [3.63, 3.8) is 0 Å². The van der Waals surface area contributed by atoms with Crippen LogP contribution in [0.4, 0.5) is 0 Å². The molecule has 0 radical (unpaired) electrons. The van der Waals surface area contributed by atoms with E-state index in [2.05, 4.69) is 5.10 Å². The summed E-state index contributed by atoms with van der Waals surface area (Å²) in [6, 6.07) is 13.3. The molecule has 0 spiro atoms. The molecule has 22 heavy (non-hydrogen) atoms. The quantitative estimate of drug-likeness (QED) is 0.764. The van der Waals surface area contributed by atoms with E-state index in [1.54, 1.807) is 24.7 Å². The molecule has 1 atom stereocenters. The number of carbonyl (C=O) groups excluding carboxylic acids is 1. The second-order valence-corrected chi connectivity index (χ2v) is 4.55. The van der Waals surface area contributed by atoms with Crippen molar-refractivity contribution in [3.8, 4) is 17.3 Å². The lowest BCUT2D eigenvalue weighted by Gasteiger charge is -2.12. The fraction of sp³-hybridized carbons (Fsp3) is 0.312. The monoisotopic (exact) mass is 299 g/mol. The fourth-order valence-corrected chi connectivity index (χ4v) is 2.11. The average molecular weight is 299 g/mol. The van der Waals surface area contributed by atoms with Crippen LogP contribution in [0.15, 0.2) is 36.4 Å². The molecule has 2 rings (SSSR count). The van der Waals surface area contributed by atoms with Gasteiger partial charge in [0.15, 0.2) is 6.10 Å². The summed E-state index contributed by atoms with van der Waals surface area (Å²) in [5, 5.41) is 13.0. The number of ether oxygens (including phenoxy) is 2. The first kappa shape index (κ1) is 15.7. The van der Waals surface area contributed by atoms with Crippen molar-refractivity contribution in [3.05, 3.63) is 42.1 Å². The maximum Gasteiger partial charge on any atom is 0.341 e. The molecule has 0 amide bonds. The van der Waals surface area contributed by atoms with Gasteiger partial charge in [-0.25, -0.2) is 4.79 Å². The van der Waals surface area contributed by atoms with Crippen LogP contribution in [0.25, 0.3) is 11.3 Å². The van der Waals surface area contributed by atoms with Gasteiger partial charge in [0, 0.05) is 7.05 Å². The zero-order chi connectivity index (χ0) is 15.9. The van der Waals surface area contributed by atoms with Gasteiger partial charge in [-0.05, 0) is 18.6 Å². The molecule has 114 valence electrons. The maximum atomic E-state index is 12.0. The molecule has 6 nitrogen and oxygen atoms in total. The van der Waals surface area contributed by atoms with Crippen molar-refractivity contribution in [2.24, 2.45) is 7.05 Å². The minimum absolute atomic E-state index is 0.208. The summed E-state index contributed by atoms with van der Waals surface area (Å²) in [5.74, 6) is -0.546. The Morgan fingerprint density at radius 3 is 2.77 bits per heavy atom. The molecular weight excluding hydrogens is 282 g/mol. The molecule has 0 fully saturated rings. The minimum atomic E-state index is -0.997. The van der Waals surface area contributed by atoms with Gasteiger partial charge in [0.05, 0.1) is 18.4 Å². The Balaban J connectivity index is 2.33. The Morgan fingerprint density at radius 2 is 2.14 bits per heavy atom. The van der Waals surface area contributed by atoms with Crippen LogP contribution >= 0.6 is 0 Å². The lowest BCUT2D eigenvalue weighted by atomic mass is 10.1. The molecule has 1 aromatic heterocycles. The molecule has 1 heterocycles. The number of rotatable bonds is 6. The molecule has 1 unspecified atom stereocenters. The Bertz CT molecular complexity index is 674. The fourth-order valence-electron chi connectivity index (χ4n) is 2.11. The number of carbonyl (C=O) groups is 1. The summed E-state index contributed by atoms with van der Waals surface area (Å²) < 4.78 is 11.9. The van der Waals surface area contributed by atoms with Gasteiger partial charge in [-0.15, -0.1) is 0 Å². The first-order valence-electron chi connectivity index (χ1n) is 6.92. The van der Waals surface area contributed by atoms with E-state index >= 15 is 0 Å². The van der Waals surface area contributed by atoms with E-state index < -0.39 is 12.1 Å². The average Bonchev–Trinajstić information content (AvgIpc) is 2.90. The van der Waals surface area contributed by atoms with Gasteiger partial charge in [-0.2, -0.15) is 10.4 Å². The first-order valence-corrected chi connectivity index (χ1v) is 6.92. The summed E-state index contributed by atoms with van der Waals surface area (Å²) in [5.41, 5.74) is 2.26. The third-order valence-corrected chi connectivity index (χ3v) is 3.05. The zero-order valence-corrected chi connectivity index (χ0v) is 12.5. The van der Waals surface area contributed by atoms with Gasteiger partial charge in [-0.3, -0.25) is 4.68 Å². The van der Waals surface area contributed by atoms with Crippen LogP contribution in [-0.4, -0.2) is 29.0 Å². The molecule has 0 N–H and O–H groups in total. The smallest absolute Gasteiger partial charge is 0.341 e. The van der Waals surface area contributed by atoms with E-state index in [0.717, 1.165) is 11.3 Å². The van der Waals surface area contributed by atoms with Gasteiger partial charge in [0.25, 0.3) is 0 Å². The van der Waals surface area contributed by atoms with E-state index in [1.807, 2.05) is 36.4 Å². The SMILES string of the molecule is CCOC(=O)C(OCC#N)c1cc(-c2ccccc2)n(C)n1. The van der Waals surface area contributed by atoms with E-state index in [1.165, 1.54) is 0 Å². The van der Waals surface area contributed by atoms with Crippen LogP contribution < -0.4 is 0 Å². The largest absolute Gasteiger partial charge is 0.464 e. The summed E-state index contributed by atoms with van der Waals surface area (Å²) in [4.78, 5) is 12.0. The number of aryl methyl sites for hydroxylation is 1. The summed E-state index contributed by atoms with van der Waals surface area (Å²) >= 11 is 0. The van der Waals surface area contributed by atoms with Gasteiger partial charge in [0.2, 0.25) is 0 Å². The highest BCUT2D eigenvalue weighted by atomic mass is 16.6. The number of aromatic nitrogens is 2. The third-order valence-electron chi connectivity index (χ3n) is 3.05. The predicted molar refractivity (Wildman–Crippen MR) is 79.6 cm³/mol. The van der Waals surface area contributed by atoms with E-state index in [-0.39, 0.29) is 13.2 Å². The van der Waals surface area contributed by atoms with Crippen LogP contribution in [0.3, 0.4) is 0 Å². The number of hydrogen-bond donors (Lipinski definition) is 0. The lowest BCUT2D eigenvalue weighted by molar-refractivity contribution is -0.156. The molecule has 0 aliphatic rings. The van der Waals surface area contributed by atoms with Crippen LogP contribution in [0.1, 0.15) is 18.7 Å². The molecular formula is C16H17N3O3. The summed E-state index contributed by atoms with van der Waals surface area (Å²) in [6.45, 7) is 1.75. The van der Waals surface area contributed by atoms with E-state index in [0.29, 0.717) is 5.69 Å². The summed E-state index contributed by atoms with van der Waals surface area (Å²) in [7, 11) is 1.79. The Kier molecular flexibility index (Phi) is 5.28. The minimum Gasteiger partial charge on any atom is -0.464 e. The van der Waals surface area contributed by atoms with Gasteiger partial charge in [-0.1, -0.05) is 30.3 Å². The highest BCUT2D eigenvalue weighted by Gasteiger charge is 2.26. The second kappa shape index (κ2) is 7.38. The van der Waals surface area contributed by atoms with Gasteiger partial charge in [0.1, 0.15) is 12.3 Å². The van der Waals surface area contributed by atoms with Gasteiger partial charge >= 0.3 is 5.97 Å². The second-order valence-electron chi connectivity index (χ2n) is 4.55. The summed E-state index contributed by atoms with van der Waals surface area (Å²) in [6.07, 6.45) is -0.997. The Morgan fingerprint density at radius 1 is 1.41 bits per heavy atom. The van der Waals surface area contributed by atoms with Crippen molar-refractivity contribution in [1.82, 2.24) is 9.78 Å². The van der Waals surface area contributed by atoms with Crippen LogP contribution in [0.5, 0.6) is 0 Å². The molecule has 0 saturated carbocycles. The maximum absolute atomic E-state index is 12.0. The van der Waals surface area contributed by atoms with Gasteiger partial charge < -0.3 is 9.47 Å². The first-order chi connectivity index (χ1) is 10.7. The molecule has 1 aromatic carbocycles. The molecule has 0 aliphatic heterocycles. The number of nitrogens with zero attached hydrogens (tertiary/aromatic N) is 3. The molecule has 0 aliphatic carbocycles. The Hall–Kier alpha value is -2.65. The number of nitriles is 1. The standard InChI is InChI=1S/C16H17N3O3/c1-3-21-16(20)15(22-10-9-17)13-11-14(19(2)18-13)12-7-5-4-6-8-12/h4-8,11,15H,3,10H2,1-2H3. The molecule has 2 aromatic rings. The highest BCUT2D eigenvalue weighted by Crippen LogP contribution is 2.25. The molecule has 6 heteroatoms. The van der Waals surface area contributed by atoms with Crippen LogP contribution in [-0.2, 0) is 21.3 Å². The normalized spacial score (nSPS) is 11.7. The van der Waals surface area contributed by atoms with Crippen LogP contribution in [0.2, 0.25) is 0 Å². The number of hydrogen-bond acceptors (Lipinski definition) is 5. The molecule has 0 bridgehead atoms. The third kappa shape index (κ3) is 3.51. The number of esters is 1. The van der Waals surface area contributed by atoms with Crippen molar-refractivity contribution in [1.29, 1.82) is 5.26 Å². The van der Waals surface area contributed by atoms with Crippen molar-refractivity contribution < 1.29 is 14.3 Å². The lowest BCUT2D eigenvalue weighted by Crippen LogP contribution is -2.20. The number of benzene rings is 1. The molecule has 0 saturated heterocycles. The highest BCUT2D eigenvalue weighted by molar-refractivity contribution is 5.76. The topological polar surface area (TPSA) is 77.1 Å². The predicted octanol–water partition coefficient (Wildman–Crippen LogP) is 2.23. The van der Waals surface area contributed by atoms with E-state index in [9.17, 15) is 4.79 Å². The van der Waals surface area contributed by atoms with Crippen molar-refractivity contribution in [2.45, 2.75) is 13.0 Å². The van der Waals surface area contributed by atoms with Crippen LogP contribution in [0, 0.1) is 11.3 Å². The zero-order valence-electron chi connectivity index (χ0n) is 12.5. The van der Waals surface area contributed by atoms with Crippen molar-refractivity contribution in [2.75, 3.05) is 13.2 Å². The Labute approximate surface area is 128 Å². The van der Waals surface area contributed by atoms with E-state index in [4.69, 9.17) is 14.7 Å².